The van der Waals surface area contributed by atoms with Crippen molar-refractivity contribution in [3.8, 4) is 0 Å². The van der Waals surface area contributed by atoms with Gasteiger partial charge in [-0.15, -0.1) is 0 Å². The van der Waals surface area contributed by atoms with Gasteiger partial charge in [0.1, 0.15) is 0 Å². The summed E-state index contributed by atoms with van der Waals surface area (Å²) in [7, 11) is 0. The predicted octanol–water partition coefficient (Wildman–Crippen LogP) is 1.12. The van der Waals surface area contributed by atoms with E-state index in [1.807, 2.05) is 0 Å². The molecule has 0 bridgehead atoms. The minimum absolute atomic E-state index is 0.114. The molecule has 86 valence electrons. The van der Waals surface area contributed by atoms with Gasteiger partial charge in [0.05, 0.1) is 12.0 Å². The molecule has 2 unspecified atom stereocenters. The van der Waals surface area contributed by atoms with Crippen LogP contribution in [0.25, 0.3) is 0 Å². The van der Waals surface area contributed by atoms with Gasteiger partial charge in [0.25, 0.3) is 0 Å². The highest BCUT2D eigenvalue weighted by atomic mass is 16.5. The number of ether oxygens (including phenoxy) is 1. The fraction of sp³-hybridized carbons (Fsp3) is 0.800. The number of carboxylic acid groups (broad SMARTS) is 2. The molecule has 0 aliphatic carbocycles. The summed E-state index contributed by atoms with van der Waals surface area (Å²) in [5.41, 5.74) is 0. The number of rotatable bonds is 5. The third-order valence-electron chi connectivity index (χ3n) is 2.65. The first-order valence-corrected chi connectivity index (χ1v) is 5.17. The monoisotopic (exact) mass is 216 g/mol. The van der Waals surface area contributed by atoms with Crippen molar-refractivity contribution in [3.63, 3.8) is 0 Å². The average molecular weight is 216 g/mol. The largest absolute Gasteiger partial charge is 0.481 e. The summed E-state index contributed by atoms with van der Waals surface area (Å²) in [6.45, 7) is 0.585. The van der Waals surface area contributed by atoms with Crippen molar-refractivity contribution >= 4 is 11.9 Å². The first-order chi connectivity index (χ1) is 7.11. The van der Waals surface area contributed by atoms with E-state index in [2.05, 4.69) is 0 Å². The Hall–Kier alpha value is -1.10. The van der Waals surface area contributed by atoms with Gasteiger partial charge in [0.15, 0.2) is 0 Å². The van der Waals surface area contributed by atoms with Crippen LogP contribution in [0.2, 0.25) is 0 Å². The van der Waals surface area contributed by atoms with E-state index < -0.39 is 17.9 Å². The molecule has 2 atom stereocenters. The Kier molecular flexibility index (Phi) is 4.55. The van der Waals surface area contributed by atoms with Crippen molar-refractivity contribution < 1.29 is 24.5 Å². The van der Waals surface area contributed by atoms with Crippen molar-refractivity contribution in [2.24, 2.45) is 5.92 Å². The third-order valence-corrected chi connectivity index (χ3v) is 2.65. The zero-order valence-corrected chi connectivity index (χ0v) is 8.52. The van der Waals surface area contributed by atoms with E-state index >= 15 is 0 Å². The summed E-state index contributed by atoms with van der Waals surface area (Å²) in [4.78, 5) is 21.3. The van der Waals surface area contributed by atoms with Crippen LogP contribution in [0, 0.1) is 5.92 Å². The van der Waals surface area contributed by atoms with Crippen LogP contribution in [-0.4, -0.2) is 34.9 Å². The number of carboxylic acids is 2. The quantitative estimate of drug-likeness (QED) is 0.719. The van der Waals surface area contributed by atoms with Gasteiger partial charge in [-0.1, -0.05) is 0 Å². The second kappa shape index (κ2) is 5.70. The number of aliphatic carboxylic acids is 2. The van der Waals surface area contributed by atoms with Gasteiger partial charge >= 0.3 is 11.9 Å². The molecule has 0 radical (unpaired) electrons. The Balaban J connectivity index is 2.48. The topological polar surface area (TPSA) is 83.8 Å². The van der Waals surface area contributed by atoms with E-state index in [1.54, 1.807) is 0 Å². The van der Waals surface area contributed by atoms with Crippen molar-refractivity contribution in [2.75, 3.05) is 6.61 Å². The van der Waals surface area contributed by atoms with E-state index in [-0.39, 0.29) is 18.9 Å². The van der Waals surface area contributed by atoms with Gasteiger partial charge in [-0.25, -0.2) is 0 Å². The lowest BCUT2D eigenvalue weighted by molar-refractivity contribution is -0.150. The molecule has 1 fully saturated rings. The molecule has 0 saturated carbocycles. The van der Waals surface area contributed by atoms with Gasteiger partial charge in [-0.2, -0.15) is 0 Å². The van der Waals surface area contributed by atoms with Gasteiger partial charge in [-0.3, -0.25) is 9.59 Å². The average Bonchev–Trinajstić information content (AvgIpc) is 2.18. The maximum Gasteiger partial charge on any atom is 0.309 e. The normalized spacial score (nSPS) is 23.3. The van der Waals surface area contributed by atoms with Crippen molar-refractivity contribution in [3.05, 3.63) is 0 Å². The molecular formula is C10H16O5. The molecule has 1 aliphatic heterocycles. The third kappa shape index (κ3) is 3.87. The summed E-state index contributed by atoms with van der Waals surface area (Å²) in [5, 5.41) is 17.5. The van der Waals surface area contributed by atoms with Crippen LogP contribution in [0.5, 0.6) is 0 Å². The molecular weight excluding hydrogens is 200 g/mol. The Morgan fingerprint density at radius 3 is 2.53 bits per heavy atom. The summed E-state index contributed by atoms with van der Waals surface area (Å²) in [6.07, 6.45) is 2.36. The molecule has 0 aromatic carbocycles. The van der Waals surface area contributed by atoms with Crippen LogP contribution in [0.15, 0.2) is 0 Å². The highest BCUT2D eigenvalue weighted by molar-refractivity contribution is 5.72. The molecule has 15 heavy (non-hydrogen) atoms. The fourth-order valence-corrected chi connectivity index (χ4v) is 1.83. The molecule has 5 heteroatoms. The van der Waals surface area contributed by atoms with Crippen LogP contribution < -0.4 is 0 Å². The van der Waals surface area contributed by atoms with E-state index in [9.17, 15) is 9.59 Å². The lowest BCUT2D eigenvalue weighted by atomic mass is 9.92. The van der Waals surface area contributed by atoms with Crippen LogP contribution in [-0.2, 0) is 14.3 Å². The minimum Gasteiger partial charge on any atom is -0.481 e. The fourth-order valence-electron chi connectivity index (χ4n) is 1.83. The van der Waals surface area contributed by atoms with Gasteiger partial charge in [0, 0.05) is 13.0 Å². The summed E-state index contributed by atoms with van der Waals surface area (Å²) in [6, 6.07) is 0. The van der Waals surface area contributed by atoms with Crippen molar-refractivity contribution in [1.29, 1.82) is 0 Å². The second-order valence-corrected chi connectivity index (χ2v) is 3.78. The van der Waals surface area contributed by atoms with Crippen molar-refractivity contribution in [1.82, 2.24) is 0 Å². The van der Waals surface area contributed by atoms with E-state index in [0.717, 1.165) is 19.3 Å². The first kappa shape index (κ1) is 12.0. The maximum absolute atomic E-state index is 10.9. The Morgan fingerprint density at radius 1 is 1.33 bits per heavy atom. The van der Waals surface area contributed by atoms with Gasteiger partial charge in [0.2, 0.25) is 0 Å². The standard InChI is InChI=1S/C10H16O5/c11-9(12)5-4-7(10(13)14)8-3-1-2-6-15-8/h7-8H,1-6H2,(H,11,12)(H,13,14). The van der Waals surface area contributed by atoms with Gasteiger partial charge in [-0.05, 0) is 25.7 Å². The molecule has 1 rings (SSSR count). The molecule has 2 N–H and O–H groups in total. The number of hydrogen-bond donors (Lipinski definition) is 2. The second-order valence-electron chi connectivity index (χ2n) is 3.78. The zero-order valence-electron chi connectivity index (χ0n) is 8.52. The molecule has 0 aromatic heterocycles. The van der Waals surface area contributed by atoms with Crippen LogP contribution in [0.1, 0.15) is 32.1 Å². The summed E-state index contributed by atoms with van der Waals surface area (Å²) < 4.78 is 5.36. The van der Waals surface area contributed by atoms with Crippen LogP contribution in [0.4, 0.5) is 0 Å². The molecule has 1 heterocycles. The summed E-state index contributed by atoms with van der Waals surface area (Å²) in [5.74, 6) is -2.60. The first-order valence-electron chi connectivity index (χ1n) is 5.17. The molecule has 0 aromatic rings. The minimum atomic E-state index is -0.961. The smallest absolute Gasteiger partial charge is 0.309 e. The molecule has 1 saturated heterocycles. The Morgan fingerprint density at radius 2 is 2.07 bits per heavy atom. The van der Waals surface area contributed by atoms with E-state index in [4.69, 9.17) is 14.9 Å². The van der Waals surface area contributed by atoms with E-state index in [1.165, 1.54) is 0 Å². The predicted molar refractivity (Wildman–Crippen MR) is 51.6 cm³/mol. The van der Waals surface area contributed by atoms with Gasteiger partial charge < -0.3 is 14.9 Å². The number of carbonyl (C=O) groups is 2. The van der Waals surface area contributed by atoms with Crippen LogP contribution >= 0.6 is 0 Å². The summed E-state index contributed by atoms with van der Waals surface area (Å²) >= 11 is 0. The van der Waals surface area contributed by atoms with E-state index in [0.29, 0.717) is 6.61 Å². The molecule has 0 spiro atoms. The molecule has 1 aliphatic rings. The highest BCUT2D eigenvalue weighted by Gasteiger charge is 2.30. The Bertz CT molecular complexity index is 232. The maximum atomic E-state index is 10.9. The molecule has 5 nitrogen and oxygen atoms in total. The SMILES string of the molecule is O=C(O)CCC(C(=O)O)C1CCCCO1. The van der Waals surface area contributed by atoms with Crippen LogP contribution in [0.3, 0.4) is 0 Å². The lowest BCUT2D eigenvalue weighted by Gasteiger charge is -2.27. The lowest BCUT2D eigenvalue weighted by Crippen LogP contribution is -2.33. The highest BCUT2D eigenvalue weighted by Crippen LogP contribution is 2.23. The molecule has 0 amide bonds. The Labute approximate surface area is 88.0 Å². The number of hydrogen-bond acceptors (Lipinski definition) is 3. The zero-order chi connectivity index (χ0) is 11.3. The van der Waals surface area contributed by atoms with Crippen molar-refractivity contribution in [2.45, 2.75) is 38.2 Å².